The Morgan fingerprint density at radius 3 is 2.33 bits per heavy atom. The highest BCUT2D eigenvalue weighted by molar-refractivity contribution is 4.54. The lowest BCUT2D eigenvalue weighted by Crippen LogP contribution is -1.90. The minimum Gasteiger partial charge on any atom is -0.343 e. The van der Waals surface area contributed by atoms with Crippen LogP contribution in [0.25, 0.3) is 0 Å². The molecule has 0 aromatic heterocycles. The molecule has 0 aliphatic heterocycles. The van der Waals surface area contributed by atoms with Crippen LogP contribution in [0.4, 0.5) is 0 Å². The highest BCUT2D eigenvalue weighted by Crippen LogP contribution is 2.11. The van der Waals surface area contributed by atoms with Gasteiger partial charge in [-0.05, 0) is 0 Å². The van der Waals surface area contributed by atoms with Crippen molar-refractivity contribution in [3.63, 3.8) is 0 Å². The Balaban J connectivity index is 2.88. The first-order valence-corrected chi connectivity index (χ1v) is 3.89. The fourth-order valence-electron chi connectivity index (χ4n) is 0.814. The third-order valence-electron chi connectivity index (χ3n) is 1.69. The van der Waals surface area contributed by atoms with Gasteiger partial charge >= 0.3 is 0 Å². The van der Waals surface area contributed by atoms with Gasteiger partial charge in [0.2, 0.25) is 0 Å². The molecule has 0 amide bonds. The zero-order chi connectivity index (χ0) is 7.11. The molecule has 0 saturated carbocycles. The average molecular weight is 126 g/mol. The zero-order valence-electron chi connectivity index (χ0n) is 6.53. The summed E-state index contributed by atoms with van der Waals surface area (Å²) in [7, 11) is 0. The van der Waals surface area contributed by atoms with Gasteiger partial charge in [0.05, 0.1) is 0 Å². The van der Waals surface area contributed by atoms with Gasteiger partial charge in [0, 0.05) is 0 Å². The Hall–Kier alpha value is 0. The van der Waals surface area contributed by atoms with Crippen LogP contribution in [0.1, 0.15) is 39.0 Å². The number of hydrogen-bond donors (Lipinski definition) is 0. The van der Waals surface area contributed by atoms with E-state index in [1.807, 2.05) is 0 Å². The van der Waals surface area contributed by atoms with Crippen molar-refractivity contribution in [1.29, 1.82) is 0 Å². The highest BCUT2D eigenvalue weighted by atomic mass is 14.0. The Bertz CT molecular complexity index is 48.0. The summed E-state index contributed by atoms with van der Waals surface area (Å²) in [5, 5.41) is 0. The van der Waals surface area contributed by atoms with Crippen molar-refractivity contribution in [1.82, 2.24) is 0 Å². The SMILES string of the molecule is [CH2-]CCCCC(C)C[CH2-]. The Kier molecular flexibility index (Phi) is 6.12. The first kappa shape index (κ1) is 9.00. The second-order valence-electron chi connectivity index (χ2n) is 2.74. The monoisotopic (exact) mass is 126 g/mol. The fourth-order valence-corrected chi connectivity index (χ4v) is 0.814. The van der Waals surface area contributed by atoms with E-state index in [-0.39, 0.29) is 0 Å². The predicted octanol–water partition coefficient (Wildman–Crippen LogP) is 3.24. The Morgan fingerprint density at radius 1 is 1.22 bits per heavy atom. The van der Waals surface area contributed by atoms with Crippen molar-refractivity contribution in [3.05, 3.63) is 13.8 Å². The summed E-state index contributed by atoms with van der Waals surface area (Å²) in [6.45, 7) is 9.90. The second kappa shape index (κ2) is 6.12. The number of hydrogen-bond acceptors (Lipinski definition) is 0. The molecule has 0 aromatic rings. The largest absolute Gasteiger partial charge is 0.343 e. The first-order chi connectivity index (χ1) is 4.31. The molecule has 0 spiro atoms. The van der Waals surface area contributed by atoms with Crippen molar-refractivity contribution in [2.75, 3.05) is 0 Å². The zero-order valence-corrected chi connectivity index (χ0v) is 6.53. The summed E-state index contributed by atoms with van der Waals surface area (Å²) in [6.07, 6.45) is 6.12. The van der Waals surface area contributed by atoms with E-state index >= 15 is 0 Å². The third kappa shape index (κ3) is 5.88. The second-order valence-corrected chi connectivity index (χ2v) is 2.74. The van der Waals surface area contributed by atoms with Crippen LogP contribution in [0.2, 0.25) is 0 Å². The Labute approximate surface area is 59.7 Å². The summed E-state index contributed by atoms with van der Waals surface area (Å²) < 4.78 is 0. The lowest BCUT2D eigenvalue weighted by Gasteiger charge is -2.10. The van der Waals surface area contributed by atoms with Gasteiger partial charge in [-0.25, -0.2) is 0 Å². The molecule has 0 bridgehead atoms. The quantitative estimate of drug-likeness (QED) is 0.392. The first-order valence-electron chi connectivity index (χ1n) is 3.89. The smallest absolute Gasteiger partial charge is 0.0532 e. The molecule has 9 heavy (non-hydrogen) atoms. The molecular formula is C9H18-2. The van der Waals surface area contributed by atoms with Crippen molar-refractivity contribution < 1.29 is 0 Å². The topological polar surface area (TPSA) is 0 Å². The van der Waals surface area contributed by atoms with Gasteiger partial charge in [0.15, 0.2) is 0 Å². The lowest BCUT2D eigenvalue weighted by molar-refractivity contribution is 0.503. The maximum absolute atomic E-state index is 3.85. The van der Waals surface area contributed by atoms with Gasteiger partial charge in [0.1, 0.15) is 0 Å². The molecule has 0 saturated heterocycles. The van der Waals surface area contributed by atoms with E-state index in [0.717, 1.165) is 18.8 Å². The summed E-state index contributed by atoms with van der Waals surface area (Å²) in [4.78, 5) is 0. The van der Waals surface area contributed by atoms with Crippen LogP contribution in [-0.2, 0) is 0 Å². The molecule has 0 radical (unpaired) electrons. The number of rotatable bonds is 5. The van der Waals surface area contributed by atoms with Crippen LogP contribution in [0.3, 0.4) is 0 Å². The van der Waals surface area contributed by atoms with Crippen molar-refractivity contribution in [2.45, 2.75) is 39.0 Å². The van der Waals surface area contributed by atoms with Gasteiger partial charge in [-0.1, -0.05) is 32.1 Å². The fraction of sp³-hybridized carbons (Fsp3) is 0.778. The highest BCUT2D eigenvalue weighted by Gasteiger charge is 1.91. The molecule has 0 heterocycles. The molecule has 1 atom stereocenters. The molecule has 0 aliphatic carbocycles. The van der Waals surface area contributed by atoms with Crippen LogP contribution < -0.4 is 0 Å². The van der Waals surface area contributed by atoms with E-state index in [2.05, 4.69) is 20.8 Å². The normalized spacial score (nSPS) is 13.7. The summed E-state index contributed by atoms with van der Waals surface area (Å²) in [6, 6.07) is 0. The number of unbranched alkanes of at least 4 members (excludes halogenated alkanes) is 2. The van der Waals surface area contributed by atoms with E-state index in [1.165, 1.54) is 19.3 Å². The van der Waals surface area contributed by atoms with Crippen LogP contribution in [0.5, 0.6) is 0 Å². The van der Waals surface area contributed by atoms with E-state index in [0.29, 0.717) is 0 Å². The minimum absolute atomic E-state index is 0.816. The molecule has 0 nitrogen and oxygen atoms in total. The summed E-state index contributed by atoms with van der Waals surface area (Å²) in [5.74, 6) is 0.816. The molecule has 0 N–H and O–H groups in total. The van der Waals surface area contributed by atoms with E-state index in [4.69, 9.17) is 0 Å². The molecule has 0 heteroatoms. The molecule has 0 aliphatic rings. The van der Waals surface area contributed by atoms with Crippen LogP contribution in [0, 0.1) is 19.8 Å². The summed E-state index contributed by atoms with van der Waals surface area (Å²) in [5.41, 5.74) is 0. The standard InChI is InChI=1S/C9H18/c1-4-6-7-8-9(3)5-2/h9H,1-2,4-8H2,3H3/q-2. The van der Waals surface area contributed by atoms with Gasteiger partial charge in [-0.3, -0.25) is 0 Å². The molecule has 56 valence electrons. The Morgan fingerprint density at radius 2 is 1.89 bits per heavy atom. The predicted molar refractivity (Wildman–Crippen MR) is 43.0 cm³/mol. The van der Waals surface area contributed by atoms with Gasteiger partial charge in [-0.15, -0.1) is 0 Å². The van der Waals surface area contributed by atoms with E-state index < -0.39 is 0 Å². The van der Waals surface area contributed by atoms with Crippen molar-refractivity contribution in [3.8, 4) is 0 Å². The van der Waals surface area contributed by atoms with E-state index in [1.54, 1.807) is 0 Å². The van der Waals surface area contributed by atoms with Crippen LogP contribution in [-0.4, -0.2) is 0 Å². The van der Waals surface area contributed by atoms with E-state index in [9.17, 15) is 0 Å². The minimum atomic E-state index is 0.816. The summed E-state index contributed by atoms with van der Waals surface area (Å²) >= 11 is 0. The van der Waals surface area contributed by atoms with Gasteiger partial charge in [-0.2, -0.15) is 12.8 Å². The van der Waals surface area contributed by atoms with Crippen LogP contribution in [0.15, 0.2) is 0 Å². The maximum atomic E-state index is 3.85. The molecule has 0 aromatic carbocycles. The van der Waals surface area contributed by atoms with Gasteiger partial charge in [0.25, 0.3) is 0 Å². The third-order valence-corrected chi connectivity index (χ3v) is 1.69. The van der Waals surface area contributed by atoms with Crippen molar-refractivity contribution >= 4 is 0 Å². The lowest BCUT2D eigenvalue weighted by atomic mass is 10.0. The molecular weight excluding hydrogens is 108 g/mol. The average Bonchev–Trinajstić information content (AvgIpc) is 1.89. The molecule has 0 rings (SSSR count). The maximum Gasteiger partial charge on any atom is -0.0532 e. The molecule has 0 fully saturated rings. The molecule has 1 unspecified atom stereocenters. The van der Waals surface area contributed by atoms with Crippen LogP contribution >= 0.6 is 0 Å². The van der Waals surface area contributed by atoms with Crippen molar-refractivity contribution in [2.24, 2.45) is 5.92 Å². The van der Waals surface area contributed by atoms with Gasteiger partial charge < -0.3 is 13.8 Å².